The van der Waals surface area contributed by atoms with Crippen molar-refractivity contribution < 1.29 is 17.6 Å². The minimum atomic E-state index is -3.90. The van der Waals surface area contributed by atoms with Crippen LogP contribution < -0.4 is 10.0 Å². The second kappa shape index (κ2) is 8.77. The third-order valence-electron chi connectivity index (χ3n) is 4.10. The van der Waals surface area contributed by atoms with Crippen molar-refractivity contribution in [2.24, 2.45) is 0 Å². The Morgan fingerprint density at radius 3 is 2.00 bits per heavy atom. The largest absolute Gasteiger partial charge is 0.348 e. The van der Waals surface area contributed by atoms with Gasteiger partial charge in [0.2, 0.25) is 10.0 Å². The third kappa shape index (κ3) is 5.03. The highest BCUT2D eigenvalue weighted by atomic mass is 32.2. The van der Waals surface area contributed by atoms with Gasteiger partial charge in [-0.15, -0.1) is 0 Å². The molecule has 3 aromatic rings. The molecule has 0 saturated heterocycles. The lowest BCUT2D eigenvalue weighted by Gasteiger charge is -2.10. The number of sulfonamides is 1. The van der Waals surface area contributed by atoms with Gasteiger partial charge in [0.15, 0.2) is 0 Å². The van der Waals surface area contributed by atoms with Crippen LogP contribution in [-0.4, -0.2) is 14.3 Å². The normalized spacial score (nSPS) is 11.2. The van der Waals surface area contributed by atoms with E-state index in [9.17, 15) is 17.6 Å². The van der Waals surface area contributed by atoms with Crippen molar-refractivity contribution >= 4 is 15.9 Å². The Balaban J connectivity index is 1.73. The van der Waals surface area contributed by atoms with Crippen LogP contribution in [0.25, 0.3) is 0 Å². The summed E-state index contributed by atoms with van der Waals surface area (Å²) in [7, 11) is -3.90. The number of halogens is 1. The number of carbonyl (C=O) groups is 1. The average molecular weight is 398 g/mol. The number of nitrogens with one attached hydrogen (secondary N) is 2. The zero-order valence-corrected chi connectivity index (χ0v) is 15.7. The molecule has 0 fully saturated rings. The van der Waals surface area contributed by atoms with Gasteiger partial charge in [0, 0.05) is 13.1 Å². The van der Waals surface area contributed by atoms with E-state index >= 15 is 0 Å². The SMILES string of the molecule is O=C(NCc1ccccc1)c1cc(S(=O)(=O)NCc2ccccc2)ccc1F. The maximum absolute atomic E-state index is 14.1. The third-order valence-corrected chi connectivity index (χ3v) is 5.50. The van der Waals surface area contributed by atoms with E-state index in [-0.39, 0.29) is 23.5 Å². The van der Waals surface area contributed by atoms with Gasteiger partial charge in [-0.1, -0.05) is 60.7 Å². The number of hydrogen-bond donors (Lipinski definition) is 2. The van der Waals surface area contributed by atoms with Crippen LogP contribution in [0.4, 0.5) is 4.39 Å². The first-order valence-corrected chi connectivity index (χ1v) is 10.1. The van der Waals surface area contributed by atoms with Gasteiger partial charge in [0.1, 0.15) is 5.82 Å². The number of rotatable bonds is 7. The topological polar surface area (TPSA) is 75.3 Å². The number of carbonyl (C=O) groups excluding carboxylic acids is 1. The molecule has 0 unspecified atom stereocenters. The molecule has 3 rings (SSSR count). The molecule has 0 heterocycles. The molecule has 0 bridgehead atoms. The van der Waals surface area contributed by atoms with Crippen molar-refractivity contribution in [2.75, 3.05) is 0 Å². The zero-order chi connectivity index (χ0) is 20.0. The first-order valence-electron chi connectivity index (χ1n) is 8.61. The van der Waals surface area contributed by atoms with Crippen LogP contribution in [0.2, 0.25) is 0 Å². The van der Waals surface area contributed by atoms with E-state index in [1.165, 1.54) is 0 Å². The standard InChI is InChI=1S/C21H19FN2O3S/c22-20-12-11-18(28(26,27)24-15-17-9-5-2-6-10-17)13-19(20)21(25)23-14-16-7-3-1-4-8-16/h1-13,24H,14-15H2,(H,23,25). The zero-order valence-electron chi connectivity index (χ0n) is 14.9. The predicted octanol–water partition coefficient (Wildman–Crippen LogP) is 3.23. The van der Waals surface area contributed by atoms with E-state index < -0.39 is 21.7 Å². The van der Waals surface area contributed by atoms with E-state index in [0.29, 0.717) is 0 Å². The lowest BCUT2D eigenvalue weighted by molar-refractivity contribution is 0.0946. The predicted molar refractivity (Wildman–Crippen MR) is 104 cm³/mol. The summed E-state index contributed by atoms with van der Waals surface area (Å²) in [6.07, 6.45) is 0. The molecule has 144 valence electrons. The quantitative estimate of drug-likeness (QED) is 0.642. The van der Waals surface area contributed by atoms with Gasteiger partial charge in [-0.3, -0.25) is 4.79 Å². The first-order chi connectivity index (χ1) is 13.5. The van der Waals surface area contributed by atoms with Crippen LogP contribution in [-0.2, 0) is 23.1 Å². The van der Waals surface area contributed by atoms with Crippen LogP contribution >= 0.6 is 0 Å². The van der Waals surface area contributed by atoms with Crippen molar-refractivity contribution in [3.8, 4) is 0 Å². The van der Waals surface area contributed by atoms with Gasteiger partial charge in [0.05, 0.1) is 10.5 Å². The highest BCUT2D eigenvalue weighted by molar-refractivity contribution is 7.89. The van der Waals surface area contributed by atoms with Crippen LogP contribution in [0.3, 0.4) is 0 Å². The summed E-state index contributed by atoms with van der Waals surface area (Å²) in [6.45, 7) is 0.304. The van der Waals surface area contributed by atoms with Crippen molar-refractivity contribution in [1.82, 2.24) is 10.0 Å². The number of amides is 1. The molecule has 0 aromatic heterocycles. The van der Waals surface area contributed by atoms with Gasteiger partial charge in [-0.25, -0.2) is 17.5 Å². The lowest BCUT2D eigenvalue weighted by atomic mass is 10.2. The molecule has 1 amide bonds. The van der Waals surface area contributed by atoms with Crippen LogP contribution in [0.5, 0.6) is 0 Å². The van der Waals surface area contributed by atoms with Gasteiger partial charge >= 0.3 is 0 Å². The summed E-state index contributed by atoms with van der Waals surface area (Å²) >= 11 is 0. The minimum Gasteiger partial charge on any atom is -0.348 e. The lowest BCUT2D eigenvalue weighted by Crippen LogP contribution is -2.26. The summed E-state index contributed by atoms with van der Waals surface area (Å²) in [5, 5.41) is 2.60. The molecule has 0 spiro atoms. The van der Waals surface area contributed by atoms with Crippen LogP contribution in [0.15, 0.2) is 83.8 Å². The maximum atomic E-state index is 14.1. The Hall–Kier alpha value is -3.03. The molecule has 0 saturated carbocycles. The van der Waals surface area contributed by atoms with Gasteiger partial charge in [-0.05, 0) is 29.3 Å². The fourth-order valence-electron chi connectivity index (χ4n) is 2.58. The summed E-state index contributed by atoms with van der Waals surface area (Å²) in [5.41, 5.74) is 1.32. The smallest absolute Gasteiger partial charge is 0.254 e. The van der Waals surface area contributed by atoms with Gasteiger partial charge in [-0.2, -0.15) is 0 Å². The van der Waals surface area contributed by atoms with E-state index in [4.69, 9.17) is 0 Å². The highest BCUT2D eigenvalue weighted by Crippen LogP contribution is 2.16. The molecule has 7 heteroatoms. The molecule has 5 nitrogen and oxygen atoms in total. The van der Waals surface area contributed by atoms with Crippen molar-refractivity contribution in [2.45, 2.75) is 18.0 Å². The second-order valence-electron chi connectivity index (χ2n) is 6.12. The van der Waals surface area contributed by atoms with Crippen molar-refractivity contribution in [1.29, 1.82) is 0 Å². The second-order valence-corrected chi connectivity index (χ2v) is 7.89. The Labute approximate surface area is 163 Å². The molecule has 0 atom stereocenters. The van der Waals surface area contributed by atoms with E-state index in [0.717, 1.165) is 29.3 Å². The maximum Gasteiger partial charge on any atom is 0.254 e. The van der Waals surface area contributed by atoms with Crippen LogP contribution in [0.1, 0.15) is 21.5 Å². The Bertz CT molecular complexity index is 1060. The minimum absolute atomic E-state index is 0.0933. The fraction of sp³-hybridized carbons (Fsp3) is 0.0952. The summed E-state index contributed by atoms with van der Waals surface area (Å²) in [6, 6.07) is 21.3. The molecule has 3 aromatic carbocycles. The molecule has 2 N–H and O–H groups in total. The number of hydrogen-bond acceptors (Lipinski definition) is 3. The summed E-state index contributed by atoms with van der Waals surface area (Å²) in [5.74, 6) is -1.46. The molecule has 0 radical (unpaired) electrons. The highest BCUT2D eigenvalue weighted by Gasteiger charge is 2.19. The van der Waals surface area contributed by atoms with Crippen LogP contribution in [0, 0.1) is 5.82 Å². The summed E-state index contributed by atoms with van der Waals surface area (Å²) < 4.78 is 41.6. The average Bonchev–Trinajstić information content (AvgIpc) is 2.72. The Morgan fingerprint density at radius 2 is 1.39 bits per heavy atom. The molecular weight excluding hydrogens is 379 g/mol. The van der Waals surface area contributed by atoms with Crippen molar-refractivity contribution in [3.05, 3.63) is 101 Å². The summed E-state index contributed by atoms with van der Waals surface area (Å²) in [4.78, 5) is 12.2. The van der Waals surface area contributed by atoms with E-state index in [1.807, 2.05) is 36.4 Å². The first kappa shape index (κ1) is 19.7. The van der Waals surface area contributed by atoms with Gasteiger partial charge in [0.25, 0.3) is 5.91 Å². The molecular formula is C21H19FN2O3S. The molecule has 0 aliphatic heterocycles. The van der Waals surface area contributed by atoms with Gasteiger partial charge < -0.3 is 5.32 Å². The molecule has 28 heavy (non-hydrogen) atoms. The van der Waals surface area contributed by atoms with E-state index in [2.05, 4.69) is 10.0 Å². The van der Waals surface area contributed by atoms with Crippen molar-refractivity contribution in [3.63, 3.8) is 0 Å². The fourth-order valence-corrected chi connectivity index (χ4v) is 3.62. The number of benzene rings is 3. The van der Waals surface area contributed by atoms with E-state index in [1.54, 1.807) is 24.3 Å². The molecule has 0 aliphatic rings. The monoisotopic (exact) mass is 398 g/mol. The molecule has 0 aliphatic carbocycles. The Morgan fingerprint density at radius 1 is 0.821 bits per heavy atom. The Kier molecular flexibility index (Phi) is 6.18.